The van der Waals surface area contributed by atoms with E-state index in [1.807, 2.05) is 30.3 Å². The van der Waals surface area contributed by atoms with E-state index in [2.05, 4.69) is 10.3 Å². The highest BCUT2D eigenvalue weighted by Crippen LogP contribution is 2.24. The zero-order valence-corrected chi connectivity index (χ0v) is 10.7. The smallest absolute Gasteiger partial charge is 0.251 e. The summed E-state index contributed by atoms with van der Waals surface area (Å²) < 4.78 is 0. The number of nitrogens with zero attached hydrogens (tertiary/aromatic N) is 1. The highest BCUT2D eigenvalue weighted by atomic mass is 16.1. The molecule has 0 unspecified atom stereocenters. The van der Waals surface area contributed by atoms with E-state index < -0.39 is 0 Å². The van der Waals surface area contributed by atoms with Crippen molar-refractivity contribution < 1.29 is 4.79 Å². The Morgan fingerprint density at radius 3 is 3.00 bits per heavy atom. The summed E-state index contributed by atoms with van der Waals surface area (Å²) in [5.74, 6) is 0.521. The number of pyridine rings is 1. The molecule has 0 saturated heterocycles. The number of fused-ring (bicyclic) bond motifs is 1. The van der Waals surface area contributed by atoms with Crippen LogP contribution >= 0.6 is 0 Å². The first-order chi connectivity index (χ1) is 9.22. The molecule has 1 aromatic carbocycles. The Morgan fingerprint density at radius 2 is 2.21 bits per heavy atom. The van der Waals surface area contributed by atoms with E-state index in [0.29, 0.717) is 17.5 Å². The highest BCUT2D eigenvalue weighted by Gasteiger charge is 2.25. The van der Waals surface area contributed by atoms with Gasteiger partial charge in [0.2, 0.25) is 0 Å². The van der Waals surface area contributed by atoms with E-state index in [4.69, 9.17) is 5.73 Å². The van der Waals surface area contributed by atoms with Gasteiger partial charge in [-0.2, -0.15) is 0 Å². The second-order valence-electron chi connectivity index (χ2n) is 5.22. The summed E-state index contributed by atoms with van der Waals surface area (Å²) in [6.45, 7) is 0.720. The molecule has 19 heavy (non-hydrogen) atoms. The van der Waals surface area contributed by atoms with Crippen LogP contribution in [0.3, 0.4) is 0 Å². The Labute approximate surface area is 112 Å². The molecule has 1 aliphatic carbocycles. The maximum atomic E-state index is 12.1. The van der Waals surface area contributed by atoms with Crippen molar-refractivity contribution in [3.05, 3.63) is 42.1 Å². The first-order valence-corrected chi connectivity index (χ1v) is 6.61. The molecular weight excluding hydrogens is 238 g/mol. The number of nitrogens with two attached hydrogens (primary N) is 1. The minimum Gasteiger partial charge on any atom is -0.352 e. The highest BCUT2D eigenvalue weighted by molar-refractivity contribution is 5.97. The zero-order chi connectivity index (χ0) is 13.2. The zero-order valence-electron chi connectivity index (χ0n) is 10.7. The lowest BCUT2D eigenvalue weighted by molar-refractivity contribution is 0.0935. The Balaban J connectivity index is 1.67. The van der Waals surface area contributed by atoms with Gasteiger partial charge >= 0.3 is 0 Å². The number of hydrogen-bond donors (Lipinski definition) is 2. The summed E-state index contributed by atoms with van der Waals surface area (Å²) in [7, 11) is 0. The summed E-state index contributed by atoms with van der Waals surface area (Å²) in [6.07, 6.45) is 3.78. The average Bonchev–Trinajstić information content (AvgIpc) is 2.41. The molecule has 0 radical (unpaired) electrons. The van der Waals surface area contributed by atoms with Gasteiger partial charge in [-0.25, -0.2) is 0 Å². The third-order valence-electron chi connectivity index (χ3n) is 3.69. The van der Waals surface area contributed by atoms with Crippen molar-refractivity contribution in [1.29, 1.82) is 0 Å². The van der Waals surface area contributed by atoms with E-state index in [1.54, 1.807) is 6.20 Å². The molecule has 3 N–H and O–H groups in total. The molecule has 1 fully saturated rings. The third-order valence-corrected chi connectivity index (χ3v) is 3.69. The van der Waals surface area contributed by atoms with Gasteiger partial charge in [-0.05, 0) is 43.0 Å². The number of amides is 1. The van der Waals surface area contributed by atoms with Crippen LogP contribution in [0.4, 0.5) is 0 Å². The molecule has 2 aromatic rings. The van der Waals surface area contributed by atoms with Gasteiger partial charge in [0.05, 0.1) is 5.52 Å². The van der Waals surface area contributed by atoms with Crippen LogP contribution in [0.15, 0.2) is 36.5 Å². The summed E-state index contributed by atoms with van der Waals surface area (Å²) in [5, 5.41) is 3.96. The molecule has 0 aliphatic heterocycles. The lowest BCUT2D eigenvalue weighted by atomic mass is 9.81. The quantitative estimate of drug-likeness (QED) is 0.877. The van der Waals surface area contributed by atoms with Gasteiger partial charge in [-0.1, -0.05) is 6.07 Å². The van der Waals surface area contributed by atoms with Crippen LogP contribution in [-0.4, -0.2) is 23.5 Å². The number of nitrogens with one attached hydrogen (secondary N) is 1. The van der Waals surface area contributed by atoms with Crippen molar-refractivity contribution >= 4 is 16.8 Å². The van der Waals surface area contributed by atoms with Crippen LogP contribution in [0.5, 0.6) is 0 Å². The molecule has 4 nitrogen and oxygen atoms in total. The van der Waals surface area contributed by atoms with E-state index in [0.717, 1.165) is 30.3 Å². The van der Waals surface area contributed by atoms with Crippen LogP contribution in [0.2, 0.25) is 0 Å². The summed E-state index contributed by atoms with van der Waals surface area (Å²) in [4.78, 5) is 16.3. The molecule has 3 rings (SSSR count). The summed E-state index contributed by atoms with van der Waals surface area (Å²) >= 11 is 0. The SMILES string of the molecule is NC1CC(CNC(=O)c2ccc3ncccc3c2)C1. The van der Waals surface area contributed by atoms with Crippen molar-refractivity contribution in [1.82, 2.24) is 10.3 Å². The minimum atomic E-state index is -0.0220. The first kappa shape index (κ1) is 12.1. The minimum absolute atomic E-state index is 0.0220. The molecule has 1 aromatic heterocycles. The van der Waals surface area contributed by atoms with Gasteiger partial charge in [0.1, 0.15) is 0 Å². The first-order valence-electron chi connectivity index (χ1n) is 6.61. The summed E-state index contributed by atoms with van der Waals surface area (Å²) in [5.41, 5.74) is 7.32. The van der Waals surface area contributed by atoms with Gasteiger partial charge in [-0.3, -0.25) is 9.78 Å². The largest absolute Gasteiger partial charge is 0.352 e. The fraction of sp³-hybridized carbons (Fsp3) is 0.333. The van der Waals surface area contributed by atoms with Gasteiger partial charge in [0.25, 0.3) is 5.91 Å². The van der Waals surface area contributed by atoms with Crippen molar-refractivity contribution in [3.8, 4) is 0 Å². The number of carbonyl (C=O) groups excluding carboxylic acids is 1. The molecule has 1 amide bonds. The molecule has 4 heteroatoms. The Bertz CT molecular complexity index is 605. The van der Waals surface area contributed by atoms with Crippen LogP contribution < -0.4 is 11.1 Å². The predicted molar refractivity (Wildman–Crippen MR) is 74.8 cm³/mol. The molecule has 0 atom stereocenters. The van der Waals surface area contributed by atoms with E-state index in [9.17, 15) is 4.79 Å². The molecule has 0 bridgehead atoms. The van der Waals surface area contributed by atoms with Gasteiger partial charge in [-0.15, -0.1) is 0 Å². The second-order valence-corrected chi connectivity index (χ2v) is 5.22. The fourth-order valence-corrected chi connectivity index (χ4v) is 2.51. The molecule has 98 valence electrons. The Hall–Kier alpha value is -1.94. The van der Waals surface area contributed by atoms with Crippen molar-refractivity contribution in [3.63, 3.8) is 0 Å². The lowest BCUT2D eigenvalue weighted by Crippen LogP contribution is -2.42. The van der Waals surface area contributed by atoms with Crippen molar-refractivity contribution in [2.75, 3.05) is 6.54 Å². The maximum Gasteiger partial charge on any atom is 0.251 e. The van der Waals surface area contributed by atoms with Crippen molar-refractivity contribution in [2.45, 2.75) is 18.9 Å². The molecule has 1 saturated carbocycles. The van der Waals surface area contributed by atoms with E-state index in [1.165, 1.54) is 0 Å². The number of benzene rings is 1. The van der Waals surface area contributed by atoms with Crippen LogP contribution in [0.1, 0.15) is 23.2 Å². The number of carbonyl (C=O) groups is 1. The van der Waals surface area contributed by atoms with Crippen LogP contribution in [-0.2, 0) is 0 Å². The van der Waals surface area contributed by atoms with E-state index >= 15 is 0 Å². The van der Waals surface area contributed by atoms with Gasteiger partial charge in [0.15, 0.2) is 0 Å². The molecule has 1 aliphatic rings. The Morgan fingerprint density at radius 1 is 1.37 bits per heavy atom. The molecule has 0 spiro atoms. The number of aromatic nitrogens is 1. The monoisotopic (exact) mass is 255 g/mol. The molecule has 1 heterocycles. The second kappa shape index (κ2) is 4.97. The molecular formula is C15H17N3O. The fourth-order valence-electron chi connectivity index (χ4n) is 2.51. The average molecular weight is 255 g/mol. The predicted octanol–water partition coefficient (Wildman–Crippen LogP) is 1.70. The topological polar surface area (TPSA) is 68.0 Å². The van der Waals surface area contributed by atoms with Gasteiger partial charge in [0, 0.05) is 29.7 Å². The Kier molecular flexibility index (Phi) is 3.17. The van der Waals surface area contributed by atoms with Crippen LogP contribution in [0.25, 0.3) is 10.9 Å². The number of rotatable bonds is 3. The van der Waals surface area contributed by atoms with E-state index in [-0.39, 0.29) is 5.91 Å². The normalized spacial score (nSPS) is 21.9. The maximum absolute atomic E-state index is 12.1. The van der Waals surface area contributed by atoms with Gasteiger partial charge < -0.3 is 11.1 Å². The third kappa shape index (κ3) is 2.58. The lowest BCUT2D eigenvalue weighted by Gasteiger charge is -2.32. The standard InChI is InChI=1S/C15H17N3O/c16-13-6-10(7-13)9-18-15(19)12-3-4-14-11(8-12)2-1-5-17-14/h1-5,8,10,13H,6-7,9,16H2,(H,18,19). The summed E-state index contributed by atoms with van der Waals surface area (Å²) in [6, 6.07) is 9.74. The van der Waals surface area contributed by atoms with Crippen LogP contribution in [0, 0.1) is 5.92 Å². The number of hydrogen-bond acceptors (Lipinski definition) is 3. The van der Waals surface area contributed by atoms with Crippen molar-refractivity contribution in [2.24, 2.45) is 11.7 Å².